The quantitative estimate of drug-likeness (QED) is 0.277. The van der Waals surface area contributed by atoms with E-state index in [1.807, 2.05) is 12.2 Å². The van der Waals surface area contributed by atoms with Crippen LogP contribution in [-0.4, -0.2) is 31.4 Å². The Balaban J connectivity index is 0.000000235. The standard InChI is InChI=1S/C17H19N2.C13H10.C5H5.2ClH.Zr/c1-18(2)14-5-7-16-12(10-14)9-13-11-15(19(3)4)6-8-17(13)16;1-3-7-12(8-4-1)11-13-9-5-2-6-10-13;1-2-4-5-3-1;;;/h5-11H,1-4H3;1-10H;1-3H,4H2;2*1H;/q-1;;-1;;;+2/p-2. The first-order valence-corrected chi connectivity index (χ1v) is 14.1. The van der Waals surface area contributed by atoms with Crippen LogP contribution in [-0.2, 0) is 24.2 Å². The molecule has 1 aliphatic rings. The molecule has 0 saturated heterocycles. The number of rotatable bonds is 4. The summed E-state index contributed by atoms with van der Waals surface area (Å²) in [6.45, 7) is 0. The first-order chi connectivity index (χ1) is 18.4. The molecule has 0 radical (unpaired) electrons. The molecule has 0 spiro atoms. The van der Waals surface area contributed by atoms with Gasteiger partial charge in [-0.05, 0) is 0 Å². The Morgan fingerprint density at radius 1 is 0.675 bits per heavy atom. The van der Waals surface area contributed by atoms with Crippen molar-refractivity contribution in [3.63, 3.8) is 0 Å². The van der Waals surface area contributed by atoms with Gasteiger partial charge >= 0.3 is 99.2 Å². The van der Waals surface area contributed by atoms with Gasteiger partial charge in [0, 0.05) is 39.6 Å². The second kappa shape index (κ2) is 16.4. The molecule has 0 fully saturated rings. The molecule has 0 aliphatic heterocycles. The maximum atomic E-state index is 2.99. The van der Waals surface area contributed by atoms with Gasteiger partial charge in [0.05, 0.1) is 0 Å². The normalized spacial score (nSPS) is 10.9. The number of nitrogens with zero attached hydrogens (tertiary/aromatic N) is 2. The van der Waals surface area contributed by atoms with E-state index in [1.54, 1.807) is 0 Å². The maximum absolute atomic E-state index is 2.99. The fourth-order valence-electron chi connectivity index (χ4n) is 4.27. The minimum atomic E-state index is 0. The molecule has 5 aromatic rings. The van der Waals surface area contributed by atoms with E-state index >= 15 is 0 Å². The van der Waals surface area contributed by atoms with Gasteiger partial charge in [0.25, 0.3) is 0 Å². The van der Waals surface area contributed by atoms with Crippen molar-refractivity contribution in [2.24, 2.45) is 0 Å². The molecule has 6 rings (SSSR count). The van der Waals surface area contributed by atoms with Crippen molar-refractivity contribution in [1.29, 1.82) is 0 Å². The molecule has 0 saturated carbocycles. The third kappa shape index (κ3) is 8.83. The van der Waals surface area contributed by atoms with Gasteiger partial charge < -0.3 is 34.6 Å². The van der Waals surface area contributed by atoms with Crippen LogP contribution in [0, 0.1) is 6.08 Å². The van der Waals surface area contributed by atoms with Crippen LogP contribution < -0.4 is 34.6 Å². The number of benzene rings is 4. The summed E-state index contributed by atoms with van der Waals surface area (Å²) in [5.41, 5.74) is 5.15. The van der Waals surface area contributed by atoms with Gasteiger partial charge in [-0.1, -0.05) is 36.4 Å². The summed E-state index contributed by atoms with van der Waals surface area (Å²) in [4.78, 5) is 4.28. The summed E-state index contributed by atoms with van der Waals surface area (Å²) < 4.78 is 1.42. The van der Waals surface area contributed by atoms with Crippen LogP contribution in [0.3, 0.4) is 0 Å². The van der Waals surface area contributed by atoms with E-state index in [1.165, 1.54) is 71.5 Å². The van der Waals surface area contributed by atoms with Crippen molar-refractivity contribution in [3.8, 4) is 0 Å². The van der Waals surface area contributed by atoms with Crippen LogP contribution >= 0.6 is 0 Å². The molecular formula is C35H34Cl2N2Zr-2. The Morgan fingerprint density at radius 2 is 1.12 bits per heavy atom. The van der Waals surface area contributed by atoms with Crippen LogP contribution in [0.1, 0.15) is 17.5 Å². The van der Waals surface area contributed by atoms with Crippen molar-refractivity contribution < 1.29 is 49.0 Å². The molecule has 0 atom stereocenters. The predicted octanol–water partition coefficient (Wildman–Crippen LogP) is 1.96. The van der Waals surface area contributed by atoms with Crippen LogP contribution in [0.15, 0.2) is 121 Å². The zero-order valence-corrected chi connectivity index (χ0v) is 27.4. The number of fused-ring (bicyclic) bond motifs is 3. The third-order valence-corrected chi connectivity index (χ3v) is 7.83. The van der Waals surface area contributed by atoms with E-state index < -0.39 is 0 Å². The molecule has 2 nitrogen and oxygen atoms in total. The summed E-state index contributed by atoms with van der Waals surface area (Å²) >= 11 is 1.46. The van der Waals surface area contributed by atoms with E-state index in [4.69, 9.17) is 0 Å². The summed E-state index contributed by atoms with van der Waals surface area (Å²) in [5.74, 6) is 0. The molecule has 0 bridgehead atoms. The number of anilines is 2. The van der Waals surface area contributed by atoms with E-state index in [0.29, 0.717) is 0 Å². The molecule has 5 heteroatoms. The van der Waals surface area contributed by atoms with Gasteiger partial charge in [-0.15, -0.1) is 34.0 Å². The van der Waals surface area contributed by atoms with Gasteiger partial charge in [0.2, 0.25) is 0 Å². The summed E-state index contributed by atoms with van der Waals surface area (Å²) in [5, 5.41) is 5.31. The molecule has 0 amide bonds. The fraction of sp³-hybridized carbons (Fsp3) is 0.143. The second-order valence-corrected chi connectivity index (χ2v) is 10.8. The number of hydrogen-bond donors (Lipinski definition) is 0. The summed E-state index contributed by atoms with van der Waals surface area (Å²) in [6, 6.07) is 36.7. The molecule has 0 unspecified atom stereocenters. The van der Waals surface area contributed by atoms with E-state index in [2.05, 4.69) is 153 Å². The molecule has 0 heterocycles. The molecule has 0 N–H and O–H groups in total. The zero-order valence-electron chi connectivity index (χ0n) is 23.4. The average Bonchev–Trinajstić information content (AvgIpc) is 3.65. The van der Waals surface area contributed by atoms with Gasteiger partial charge in [0.1, 0.15) is 0 Å². The van der Waals surface area contributed by atoms with Gasteiger partial charge in [0.15, 0.2) is 0 Å². The number of hydrogen-bond acceptors (Lipinski definition) is 2. The zero-order chi connectivity index (χ0) is 26.9. The Hall–Kier alpha value is -2.84. The summed E-state index contributed by atoms with van der Waals surface area (Å²) in [7, 11) is 8.31. The Bertz CT molecular complexity index is 1440. The van der Waals surface area contributed by atoms with E-state index in [-0.39, 0.29) is 24.8 Å². The molecule has 0 aromatic heterocycles. The Kier molecular flexibility index (Phi) is 13.7. The Morgan fingerprint density at radius 3 is 1.45 bits per heavy atom. The van der Waals surface area contributed by atoms with Crippen molar-refractivity contribution in [2.45, 2.75) is 6.42 Å². The first kappa shape index (κ1) is 33.4. The SMILES string of the molecule is CN(C)c1ccc2c(c1)[cH-]c1cc(N(C)C)ccc12.[C-]1=CC=CC1.[Cl-].[Cl-].[Zr+2]=[C](c1ccccc1)c1ccccc1. The van der Waals surface area contributed by atoms with Gasteiger partial charge in [-0.2, -0.15) is 6.08 Å². The van der Waals surface area contributed by atoms with Crippen LogP contribution in [0.5, 0.6) is 0 Å². The van der Waals surface area contributed by atoms with Gasteiger partial charge in [-0.25, -0.2) is 12.2 Å². The predicted molar refractivity (Wildman–Crippen MR) is 163 cm³/mol. The van der Waals surface area contributed by atoms with Crippen molar-refractivity contribution in [3.05, 3.63) is 139 Å². The second-order valence-electron chi connectivity index (χ2n) is 9.59. The third-order valence-electron chi connectivity index (χ3n) is 6.42. The number of allylic oxidation sites excluding steroid dienone is 4. The van der Waals surface area contributed by atoms with Crippen LogP contribution in [0.25, 0.3) is 21.5 Å². The average molecular weight is 645 g/mol. The first-order valence-electron chi connectivity index (χ1n) is 12.8. The van der Waals surface area contributed by atoms with Gasteiger partial charge in [-0.3, -0.25) is 6.08 Å². The fourth-order valence-corrected chi connectivity index (χ4v) is 5.09. The molecular weight excluding hydrogens is 611 g/mol. The van der Waals surface area contributed by atoms with Crippen molar-refractivity contribution in [1.82, 2.24) is 0 Å². The van der Waals surface area contributed by atoms with E-state index in [9.17, 15) is 0 Å². The van der Waals surface area contributed by atoms with Crippen LogP contribution in [0.2, 0.25) is 0 Å². The van der Waals surface area contributed by atoms with Crippen molar-refractivity contribution >= 4 is 36.1 Å². The molecule has 40 heavy (non-hydrogen) atoms. The molecule has 1 aliphatic carbocycles. The Labute approximate surface area is 266 Å². The molecule has 204 valence electrons. The number of halogens is 2. The monoisotopic (exact) mass is 642 g/mol. The van der Waals surface area contributed by atoms with Crippen molar-refractivity contribution in [2.75, 3.05) is 38.0 Å². The van der Waals surface area contributed by atoms with Crippen LogP contribution in [0.4, 0.5) is 11.4 Å². The minimum absolute atomic E-state index is 0. The van der Waals surface area contributed by atoms with E-state index in [0.717, 1.165) is 6.42 Å². The topological polar surface area (TPSA) is 6.48 Å². The summed E-state index contributed by atoms with van der Waals surface area (Å²) in [6.07, 6.45) is 10.0. The molecule has 5 aromatic carbocycles.